The number of nitrogens with one attached hydrogen (secondary N) is 1. The minimum Gasteiger partial charge on any atom is -0.370 e. The second-order valence-corrected chi connectivity index (χ2v) is 6.88. The van der Waals surface area contributed by atoms with Crippen LogP contribution in [0, 0.1) is 18.3 Å². The van der Waals surface area contributed by atoms with E-state index in [1.165, 1.54) is 5.56 Å². The van der Waals surface area contributed by atoms with E-state index < -0.39 is 0 Å². The Kier molecular flexibility index (Phi) is 4.55. The summed E-state index contributed by atoms with van der Waals surface area (Å²) in [5.74, 6) is 0.697. The maximum atomic E-state index is 9.68. The number of nitriles is 1. The van der Waals surface area contributed by atoms with Gasteiger partial charge in [0.2, 0.25) is 0 Å². The first-order valence-electron chi connectivity index (χ1n) is 8.34. The van der Waals surface area contributed by atoms with Crippen molar-refractivity contribution in [3.63, 3.8) is 0 Å². The maximum absolute atomic E-state index is 9.68. The third-order valence-corrected chi connectivity index (χ3v) is 4.49. The lowest BCUT2D eigenvalue weighted by Crippen LogP contribution is -2.33. The molecule has 3 rings (SSSR count). The number of hydrogen-bond acceptors (Lipinski definition) is 4. The summed E-state index contributed by atoms with van der Waals surface area (Å²) < 4.78 is 5.88. The molecule has 1 aliphatic rings. The van der Waals surface area contributed by atoms with E-state index in [9.17, 15) is 5.26 Å². The molecule has 0 radical (unpaired) electrons. The van der Waals surface area contributed by atoms with Gasteiger partial charge in [-0.05, 0) is 38.3 Å². The SMILES string of the molecule is Cc1nc(NCCc2ccccc2)c(C#N)c2c1COC(C)(C)C2. The number of hydrogen-bond donors (Lipinski definition) is 1. The lowest BCUT2D eigenvalue weighted by Gasteiger charge is -2.33. The molecular formula is C20H23N3O. The average Bonchev–Trinajstić information content (AvgIpc) is 2.55. The summed E-state index contributed by atoms with van der Waals surface area (Å²) in [6.07, 6.45) is 1.64. The number of pyridine rings is 1. The topological polar surface area (TPSA) is 57.9 Å². The average molecular weight is 321 g/mol. The number of nitrogens with zero attached hydrogens (tertiary/aromatic N) is 2. The summed E-state index contributed by atoms with van der Waals surface area (Å²) in [5.41, 5.74) is 4.80. The van der Waals surface area contributed by atoms with Crippen LogP contribution in [0.1, 0.15) is 41.8 Å². The monoisotopic (exact) mass is 321 g/mol. The quantitative estimate of drug-likeness (QED) is 0.931. The van der Waals surface area contributed by atoms with Crippen LogP contribution < -0.4 is 5.32 Å². The number of anilines is 1. The van der Waals surface area contributed by atoms with Crippen molar-refractivity contribution in [2.75, 3.05) is 11.9 Å². The van der Waals surface area contributed by atoms with Crippen molar-refractivity contribution in [3.8, 4) is 6.07 Å². The molecule has 4 heteroatoms. The van der Waals surface area contributed by atoms with E-state index in [0.717, 1.165) is 36.2 Å². The third kappa shape index (κ3) is 3.42. The number of rotatable bonds is 4. The smallest absolute Gasteiger partial charge is 0.144 e. The van der Waals surface area contributed by atoms with Crippen molar-refractivity contribution in [2.45, 2.75) is 45.8 Å². The highest BCUT2D eigenvalue weighted by Gasteiger charge is 2.30. The number of aryl methyl sites for hydroxylation is 1. The second kappa shape index (κ2) is 6.62. The van der Waals surface area contributed by atoms with Crippen LogP contribution in [0.2, 0.25) is 0 Å². The van der Waals surface area contributed by atoms with Crippen molar-refractivity contribution in [1.29, 1.82) is 5.26 Å². The Morgan fingerprint density at radius 1 is 1.25 bits per heavy atom. The van der Waals surface area contributed by atoms with Gasteiger partial charge in [-0.2, -0.15) is 5.26 Å². The van der Waals surface area contributed by atoms with E-state index >= 15 is 0 Å². The Morgan fingerprint density at radius 2 is 2.00 bits per heavy atom. The number of benzene rings is 1. The summed E-state index contributed by atoms with van der Waals surface area (Å²) in [5, 5.41) is 13.0. The van der Waals surface area contributed by atoms with Gasteiger partial charge in [0.15, 0.2) is 0 Å². The van der Waals surface area contributed by atoms with Crippen molar-refractivity contribution in [2.24, 2.45) is 0 Å². The lowest BCUT2D eigenvalue weighted by molar-refractivity contribution is -0.0405. The predicted octanol–water partition coefficient (Wildman–Crippen LogP) is 3.77. The zero-order valence-electron chi connectivity index (χ0n) is 14.5. The highest BCUT2D eigenvalue weighted by molar-refractivity contribution is 5.60. The highest BCUT2D eigenvalue weighted by Crippen LogP contribution is 2.33. The van der Waals surface area contributed by atoms with Crippen molar-refractivity contribution in [3.05, 3.63) is 58.3 Å². The largest absolute Gasteiger partial charge is 0.370 e. The van der Waals surface area contributed by atoms with E-state index in [4.69, 9.17) is 4.74 Å². The normalized spacial score (nSPS) is 15.4. The fourth-order valence-electron chi connectivity index (χ4n) is 3.15. The van der Waals surface area contributed by atoms with Crippen LogP contribution >= 0.6 is 0 Å². The molecule has 1 aliphatic heterocycles. The van der Waals surface area contributed by atoms with E-state index in [1.54, 1.807) is 0 Å². The van der Waals surface area contributed by atoms with Crippen LogP contribution in [0.4, 0.5) is 5.82 Å². The number of fused-ring (bicyclic) bond motifs is 1. The van der Waals surface area contributed by atoms with Crippen LogP contribution in [0.3, 0.4) is 0 Å². The highest BCUT2D eigenvalue weighted by atomic mass is 16.5. The molecule has 0 saturated carbocycles. The first-order valence-corrected chi connectivity index (χ1v) is 8.34. The van der Waals surface area contributed by atoms with Gasteiger partial charge in [-0.3, -0.25) is 0 Å². The molecule has 124 valence electrons. The zero-order valence-corrected chi connectivity index (χ0v) is 14.5. The van der Waals surface area contributed by atoms with Crippen LogP contribution in [0.25, 0.3) is 0 Å². The molecule has 2 aromatic rings. The Balaban J connectivity index is 1.83. The first-order chi connectivity index (χ1) is 11.5. The molecule has 4 nitrogen and oxygen atoms in total. The van der Waals surface area contributed by atoms with Crippen molar-refractivity contribution in [1.82, 2.24) is 4.98 Å². The summed E-state index contributed by atoms with van der Waals surface area (Å²) in [6.45, 7) is 7.40. The Labute approximate surface area is 143 Å². The van der Waals surface area contributed by atoms with Crippen LogP contribution in [-0.4, -0.2) is 17.1 Å². The van der Waals surface area contributed by atoms with Gasteiger partial charge in [0.1, 0.15) is 11.9 Å². The molecular weight excluding hydrogens is 298 g/mol. The molecule has 1 aromatic heterocycles. The van der Waals surface area contributed by atoms with Gasteiger partial charge >= 0.3 is 0 Å². The van der Waals surface area contributed by atoms with E-state index in [2.05, 4.69) is 42.4 Å². The molecule has 0 unspecified atom stereocenters. The fourth-order valence-corrected chi connectivity index (χ4v) is 3.15. The van der Waals surface area contributed by atoms with Crippen molar-refractivity contribution >= 4 is 5.82 Å². The number of aromatic nitrogens is 1. The Morgan fingerprint density at radius 3 is 2.71 bits per heavy atom. The molecule has 0 saturated heterocycles. The van der Waals surface area contributed by atoms with Gasteiger partial charge < -0.3 is 10.1 Å². The minimum absolute atomic E-state index is 0.242. The van der Waals surface area contributed by atoms with E-state index in [1.807, 2.05) is 25.1 Å². The minimum atomic E-state index is -0.242. The molecule has 0 aliphatic carbocycles. The zero-order chi connectivity index (χ0) is 17.2. The maximum Gasteiger partial charge on any atom is 0.144 e. The van der Waals surface area contributed by atoms with Gasteiger partial charge in [-0.15, -0.1) is 0 Å². The molecule has 1 aromatic carbocycles. The molecule has 0 amide bonds. The molecule has 2 heterocycles. The van der Waals surface area contributed by atoms with E-state index in [-0.39, 0.29) is 5.60 Å². The Hall–Kier alpha value is -2.38. The summed E-state index contributed by atoms with van der Waals surface area (Å²) in [7, 11) is 0. The lowest BCUT2D eigenvalue weighted by atomic mass is 9.88. The molecule has 0 bridgehead atoms. The van der Waals surface area contributed by atoms with Gasteiger partial charge in [0, 0.05) is 24.2 Å². The second-order valence-electron chi connectivity index (χ2n) is 6.88. The summed E-state index contributed by atoms with van der Waals surface area (Å²) >= 11 is 0. The van der Waals surface area contributed by atoms with Crippen molar-refractivity contribution < 1.29 is 4.74 Å². The summed E-state index contributed by atoms with van der Waals surface area (Å²) in [6, 6.07) is 12.7. The van der Waals surface area contributed by atoms with Gasteiger partial charge in [-0.1, -0.05) is 30.3 Å². The van der Waals surface area contributed by atoms with Crippen LogP contribution in [-0.2, 0) is 24.2 Å². The molecule has 0 fully saturated rings. The Bertz CT molecular complexity index is 776. The fraction of sp³-hybridized carbons (Fsp3) is 0.400. The predicted molar refractivity (Wildman–Crippen MR) is 94.9 cm³/mol. The first kappa shape index (κ1) is 16.5. The van der Waals surface area contributed by atoms with E-state index in [0.29, 0.717) is 18.0 Å². The molecule has 24 heavy (non-hydrogen) atoms. The van der Waals surface area contributed by atoms with Gasteiger partial charge in [0.05, 0.1) is 17.8 Å². The summed E-state index contributed by atoms with van der Waals surface area (Å²) in [4.78, 5) is 4.62. The van der Waals surface area contributed by atoms with Gasteiger partial charge in [-0.25, -0.2) is 4.98 Å². The van der Waals surface area contributed by atoms with Gasteiger partial charge in [0.25, 0.3) is 0 Å². The standard InChI is InChI=1S/C20H23N3O/c1-14-18-13-24-20(2,3)11-16(18)17(12-21)19(23-14)22-10-9-15-7-5-4-6-8-15/h4-8H,9-11,13H2,1-3H3,(H,22,23). The third-order valence-electron chi connectivity index (χ3n) is 4.49. The molecule has 0 atom stereocenters. The number of ether oxygens (including phenoxy) is 1. The van der Waals surface area contributed by atoms with Crippen LogP contribution in [0.15, 0.2) is 30.3 Å². The molecule has 0 spiro atoms. The van der Waals surface area contributed by atoms with Crippen LogP contribution in [0.5, 0.6) is 0 Å². The molecule has 1 N–H and O–H groups in total.